The Kier molecular flexibility index (Phi) is 2.56. The van der Waals surface area contributed by atoms with Crippen molar-refractivity contribution in [1.82, 2.24) is 4.98 Å². The third-order valence-electron chi connectivity index (χ3n) is 3.11. The van der Waals surface area contributed by atoms with E-state index in [1.807, 2.05) is 36.4 Å². The summed E-state index contributed by atoms with van der Waals surface area (Å²) in [6.45, 7) is 0. The van der Waals surface area contributed by atoms with Gasteiger partial charge >= 0.3 is 5.97 Å². The molecule has 0 fully saturated rings. The molecule has 1 aromatic heterocycles. The first-order chi connectivity index (χ1) is 9.20. The fourth-order valence-corrected chi connectivity index (χ4v) is 2.21. The third kappa shape index (κ3) is 1.78. The van der Waals surface area contributed by atoms with E-state index in [-0.39, 0.29) is 5.69 Å². The maximum absolute atomic E-state index is 11.1. The molecule has 0 spiro atoms. The van der Waals surface area contributed by atoms with Gasteiger partial charge in [0.15, 0.2) is 5.69 Å². The fraction of sp³-hybridized carbons (Fsp3) is 0.0667. The van der Waals surface area contributed by atoms with E-state index in [4.69, 9.17) is 9.84 Å². The van der Waals surface area contributed by atoms with Gasteiger partial charge in [-0.25, -0.2) is 9.78 Å². The monoisotopic (exact) mass is 253 g/mol. The van der Waals surface area contributed by atoms with Crippen LogP contribution in [0.5, 0.6) is 5.75 Å². The largest absolute Gasteiger partial charge is 0.496 e. The normalized spacial score (nSPS) is 10.8. The third-order valence-corrected chi connectivity index (χ3v) is 3.11. The second-order valence-corrected chi connectivity index (χ2v) is 4.20. The van der Waals surface area contributed by atoms with Gasteiger partial charge < -0.3 is 9.84 Å². The molecule has 3 aromatic rings. The molecule has 0 unspecified atom stereocenters. The quantitative estimate of drug-likeness (QED) is 0.713. The van der Waals surface area contributed by atoms with Gasteiger partial charge in [-0.1, -0.05) is 30.3 Å². The molecule has 2 aromatic carbocycles. The van der Waals surface area contributed by atoms with Crippen LogP contribution in [0.4, 0.5) is 0 Å². The van der Waals surface area contributed by atoms with Gasteiger partial charge in [-0.2, -0.15) is 0 Å². The number of carboxylic acid groups (broad SMARTS) is 1. The zero-order chi connectivity index (χ0) is 13.4. The number of aromatic carboxylic acids is 1. The van der Waals surface area contributed by atoms with Crippen molar-refractivity contribution in [3.8, 4) is 5.75 Å². The van der Waals surface area contributed by atoms with Gasteiger partial charge in [0.2, 0.25) is 0 Å². The second kappa shape index (κ2) is 4.24. The molecule has 0 saturated heterocycles. The van der Waals surface area contributed by atoms with E-state index in [9.17, 15) is 4.79 Å². The Morgan fingerprint density at radius 1 is 1.16 bits per heavy atom. The Labute approximate surface area is 109 Å². The van der Waals surface area contributed by atoms with Crippen LogP contribution in [0.1, 0.15) is 10.5 Å². The van der Waals surface area contributed by atoms with Crippen molar-refractivity contribution in [2.45, 2.75) is 0 Å². The molecule has 4 heteroatoms. The maximum Gasteiger partial charge on any atom is 0.354 e. The number of aromatic nitrogens is 1. The lowest BCUT2D eigenvalue weighted by Gasteiger charge is -2.08. The van der Waals surface area contributed by atoms with Crippen LogP contribution in [-0.2, 0) is 0 Å². The molecule has 94 valence electrons. The van der Waals surface area contributed by atoms with E-state index < -0.39 is 5.97 Å². The molecule has 19 heavy (non-hydrogen) atoms. The van der Waals surface area contributed by atoms with Crippen LogP contribution in [0.25, 0.3) is 21.7 Å². The van der Waals surface area contributed by atoms with Crippen molar-refractivity contribution in [2.75, 3.05) is 7.11 Å². The number of hydrogen-bond donors (Lipinski definition) is 1. The number of carbonyl (C=O) groups is 1. The second-order valence-electron chi connectivity index (χ2n) is 4.20. The Morgan fingerprint density at radius 2 is 1.95 bits per heavy atom. The SMILES string of the molecule is COc1cc(C(=O)O)nc2c1ccc1ccccc12. The van der Waals surface area contributed by atoms with E-state index in [2.05, 4.69) is 4.98 Å². The number of fused-ring (bicyclic) bond motifs is 3. The van der Waals surface area contributed by atoms with Crippen LogP contribution < -0.4 is 4.74 Å². The molecule has 0 aliphatic rings. The Balaban J connectivity index is 2.50. The van der Waals surface area contributed by atoms with Crippen molar-refractivity contribution >= 4 is 27.6 Å². The van der Waals surface area contributed by atoms with Gasteiger partial charge in [0.1, 0.15) is 5.75 Å². The molecular formula is C15H11NO3. The summed E-state index contributed by atoms with van der Waals surface area (Å²) >= 11 is 0. The summed E-state index contributed by atoms with van der Waals surface area (Å²) in [5, 5.41) is 11.9. The van der Waals surface area contributed by atoms with E-state index in [0.717, 1.165) is 16.2 Å². The summed E-state index contributed by atoms with van der Waals surface area (Å²) in [6, 6.07) is 13.1. The lowest BCUT2D eigenvalue weighted by Crippen LogP contribution is -2.02. The topological polar surface area (TPSA) is 59.4 Å². The van der Waals surface area contributed by atoms with E-state index in [1.165, 1.54) is 13.2 Å². The number of ether oxygens (including phenoxy) is 1. The number of hydrogen-bond acceptors (Lipinski definition) is 3. The molecule has 0 bridgehead atoms. The van der Waals surface area contributed by atoms with Crippen molar-refractivity contribution < 1.29 is 14.6 Å². The molecule has 1 N–H and O–H groups in total. The summed E-state index contributed by atoms with van der Waals surface area (Å²) in [6.07, 6.45) is 0. The predicted molar refractivity (Wildman–Crippen MR) is 72.8 cm³/mol. The Bertz CT molecular complexity index is 796. The first kappa shape index (κ1) is 11.5. The van der Waals surface area contributed by atoms with Crippen LogP contribution in [0.2, 0.25) is 0 Å². The van der Waals surface area contributed by atoms with Gasteiger partial charge in [0, 0.05) is 16.8 Å². The molecule has 0 aliphatic heterocycles. The van der Waals surface area contributed by atoms with E-state index >= 15 is 0 Å². The van der Waals surface area contributed by atoms with Gasteiger partial charge in [0.05, 0.1) is 12.6 Å². The van der Waals surface area contributed by atoms with Gasteiger partial charge in [-0.3, -0.25) is 0 Å². The highest BCUT2D eigenvalue weighted by molar-refractivity contribution is 6.08. The number of rotatable bonds is 2. The number of benzene rings is 2. The molecule has 3 rings (SSSR count). The summed E-state index contributed by atoms with van der Waals surface area (Å²) in [5.41, 5.74) is 0.635. The van der Waals surface area contributed by atoms with Crippen LogP contribution >= 0.6 is 0 Å². The van der Waals surface area contributed by atoms with Crippen molar-refractivity contribution in [2.24, 2.45) is 0 Å². The lowest BCUT2D eigenvalue weighted by molar-refractivity contribution is 0.0690. The first-order valence-electron chi connectivity index (χ1n) is 5.80. The average Bonchev–Trinajstić information content (AvgIpc) is 2.45. The molecule has 0 aliphatic carbocycles. The van der Waals surface area contributed by atoms with Gasteiger partial charge in [-0.05, 0) is 11.5 Å². The van der Waals surface area contributed by atoms with Crippen LogP contribution in [-0.4, -0.2) is 23.2 Å². The molecule has 0 amide bonds. The highest BCUT2D eigenvalue weighted by Gasteiger charge is 2.13. The van der Waals surface area contributed by atoms with Gasteiger partial charge in [-0.15, -0.1) is 0 Å². The standard InChI is InChI=1S/C15H11NO3/c1-19-13-8-12(15(17)18)16-14-10-5-3-2-4-9(10)6-7-11(13)14/h2-8H,1H3,(H,17,18). The molecule has 0 saturated carbocycles. The minimum atomic E-state index is -1.06. The summed E-state index contributed by atoms with van der Waals surface area (Å²) in [7, 11) is 1.52. The number of pyridine rings is 1. The minimum absolute atomic E-state index is 0.0132. The first-order valence-corrected chi connectivity index (χ1v) is 5.80. The number of nitrogens with zero attached hydrogens (tertiary/aromatic N) is 1. The summed E-state index contributed by atoms with van der Waals surface area (Å²) in [5.74, 6) is -0.540. The molecule has 4 nitrogen and oxygen atoms in total. The van der Waals surface area contributed by atoms with Crippen molar-refractivity contribution in [1.29, 1.82) is 0 Å². The number of methoxy groups -OCH3 is 1. The zero-order valence-corrected chi connectivity index (χ0v) is 10.3. The van der Waals surface area contributed by atoms with Crippen LogP contribution in [0.15, 0.2) is 42.5 Å². The van der Waals surface area contributed by atoms with E-state index in [1.54, 1.807) is 0 Å². The van der Waals surface area contributed by atoms with Crippen molar-refractivity contribution in [3.63, 3.8) is 0 Å². The highest BCUT2D eigenvalue weighted by Crippen LogP contribution is 2.30. The fourth-order valence-electron chi connectivity index (χ4n) is 2.21. The average molecular weight is 253 g/mol. The van der Waals surface area contributed by atoms with E-state index in [0.29, 0.717) is 11.3 Å². The highest BCUT2D eigenvalue weighted by atomic mass is 16.5. The predicted octanol–water partition coefficient (Wildman–Crippen LogP) is 3.09. The molecular weight excluding hydrogens is 242 g/mol. The lowest BCUT2D eigenvalue weighted by atomic mass is 10.1. The Hall–Kier alpha value is -2.62. The summed E-state index contributed by atoms with van der Waals surface area (Å²) < 4.78 is 5.26. The Morgan fingerprint density at radius 3 is 2.68 bits per heavy atom. The summed E-state index contributed by atoms with van der Waals surface area (Å²) in [4.78, 5) is 15.4. The van der Waals surface area contributed by atoms with Crippen LogP contribution in [0.3, 0.4) is 0 Å². The number of carboxylic acids is 1. The molecule has 0 radical (unpaired) electrons. The zero-order valence-electron chi connectivity index (χ0n) is 10.3. The molecule has 1 heterocycles. The van der Waals surface area contributed by atoms with Gasteiger partial charge in [0.25, 0.3) is 0 Å². The smallest absolute Gasteiger partial charge is 0.354 e. The molecule has 0 atom stereocenters. The van der Waals surface area contributed by atoms with Crippen molar-refractivity contribution in [3.05, 3.63) is 48.2 Å². The maximum atomic E-state index is 11.1. The minimum Gasteiger partial charge on any atom is -0.496 e. The van der Waals surface area contributed by atoms with Crippen LogP contribution in [0, 0.1) is 0 Å².